The normalized spacial score (nSPS) is 25.4. The first-order valence-electron chi connectivity index (χ1n) is 6.01. The van der Waals surface area contributed by atoms with E-state index >= 15 is 0 Å². The molecule has 1 N–H and O–H groups in total. The van der Waals surface area contributed by atoms with E-state index in [0.717, 1.165) is 18.8 Å². The van der Waals surface area contributed by atoms with Crippen molar-refractivity contribution in [1.82, 2.24) is 5.32 Å². The van der Waals surface area contributed by atoms with Gasteiger partial charge in [-0.3, -0.25) is 0 Å². The maximum atomic E-state index is 5.49. The molecule has 1 fully saturated rings. The third-order valence-electron chi connectivity index (χ3n) is 3.60. The molecular formula is C14H21NO. The predicted molar refractivity (Wildman–Crippen MR) is 67.2 cm³/mol. The van der Waals surface area contributed by atoms with Gasteiger partial charge in [-0.25, -0.2) is 0 Å². The topological polar surface area (TPSA) is 21.3 Å². The van der Waals surface area contributed by atoms with Crippen LogP contribution in [-0.4, -0.2) is 20.2 Å². The molecule has 0 saturated carbocycles. The van der Waals surface area contributed by atoms with E-state index in [0.29, 0.717) is 0 Å². The Hall–Kier alpha value is -1.02. The van der Waals surface area contributed by atoms with Gasteiger partial charge < -0.3 is 10.1 Å². The quantitative estimate of drug-likeness (QED) is 0.825. The summed E-state index contributed by atoms with van der Waals surface area (Å²) in [5.41, 5.74) is 2.88. The van der Waals surface area contributed by atoms with Crippen molar-refractivity contribution >= 4 is 0 Å². The molecule has 2 heteroatoms. The predicted octanol–water partition coefficient (Wildman–Crippen LogP) is 2.64. The zero-order chi connectivity index (χ0) is 11.6. The van der Waals surface area contributed by atoms with E-state index in [2.05, 4.69) is 37.4 Å². The highest BCUT2D eigenvalue weighted by atomic mass is 16.5. The summed E-state index contributed by atoms with van der Waals surface area (Å²) in [6.07, 6.45) is 2.48. The molecule has 1 aromatic rings. The van der Waals surface area contributed by atoms with Gasteiger partial charge in [-0.1, -0.05) is 24.6 Å². The minimum atomic E-state index is 0.218. The number of methoxy groups -OCH3 is 1. The molecule has 0 radical (unpaired) electrons. The standard InChI is InChI=1S/C14H21NO/c1-11-5-6-13(16-3)12(9-11)14(2)7-4-8-15-10-14/h5-6,9,15H,4,7-8,10H2,1-3H3. The molecule has 0 bridgehead atoms. The number of hydrogen-bond donors (Lipinski definition) is 1. The average Bonchev–Trinajstić information content (AvgIpc) is 2.30. The van der Waals surface area contributed by atoms with Gasteiger partial charge in [0.05, 0.1) is 7.11 Å². The van der Waals surface area contributed by atoms with Crippen molar-refractivity contribution in [3.63, 3.8) is 0 Å². The first-order chi connectivity index (χ1) is 7.65. The van der Waals surface area contributed by atoms with Gasteiger partial charge in [-0.15, -0.1) is 0 Å². The molecule has 1 atom stereocenters. The lowest BCUT2D eigenvalue weighted by molar-refractivity contribution is 0.321. The minimum absolute atomic E-state index is 0.218. The third-order valence-corrected chi connectivity index (χ3v) is 3.60. The minimum Gasteiger partial charge on any atom is -0.496 e. The molecule has 1 unspecified atom stereocenters. The summed E-state index contributed by atoms with van der Waals surface area (Å²) in [5, 5.41) is 3.49. The lowest BCUT2D eigenvalue weighted by Crippen LogP contribution is -2.41. The molecular weight excluding hydrogens is 198 g/mol. The SMILES string of the molecule is COc1ccc(C)cc1C1(C)CCCNC1. The Bertz CT molecular complexity index is 367. The molecule has 1 aliphatic rings. The molecule has 0 aromatic heterocycles. The maximum absolute atomic E-state index is 5.49. The molecule has 1 saturated heterocycles. The molecule has 0 aliphatic carbocycles. The van der Waals surface area contributed by atoms with Crippen molar-refractivity contribution in [2.45, 2.75) is 32.1 Å². The summed E-state index contributed by atoms with van der Waals surface area (Å²) in [7, 11) is 1.76. The van der Waals surface area contributed by atoms with Gasteiger partial charge in [0, 0.05) is 17.5 Å². The highest BCUT2D eigenvalue weighted by Crippen LogP contribution is 2.37. The first-order valence-corrected chi connectivity index (χ1v) is 6.01. The van der Waals surface area contributed by atoms with Crippen LogP contribution in [-0.2, 0) is 5.41 Å². The Labute approximate surface area is 98.0 Å². The fourth-order valence-corrected chi connectivity index (χ4v) is 2.58. The summed E-state index contributed by atoms with van der Waals surface area (Å²) in [6, 6.07) is 6.47. The van der Waals surface area contributed by atoms with Crippen molar-refractivity contribution < 1.29 is 4.74 Å². The molecule has 1 aliphatic heterocycles. The number of rotatable bonds is 2. The van der Waals surface area contributed by atoms with E-state index in [1.807, 2.05) is 0 Å². The monoisotopic (exact) mass is 219 g/mol. The van der Waals surface area contributed by atoms with Gasteiger partial charge in [0.1, 0.15) is 5.75 Å². The summed E-state index contributed by atoms with van der Waals surface area (Å²) in [5.74, 6) is 1.02. The van der Waals surface area contributed by atoms with Crippen molar-refractivity contribution in [2.75, 3.05) is 20.2 Å². The van der Waals surface area contributed by atoms with Crippen molar-refractivity contribution in [3.05, 3.63) is 29.3 Å². The number of piperidine rings is 1. The number of nitrogens with one attached hydrogen (secondary N) is 1. The second-order valence-electron chi connectivity index (χ2n) is 5.04. The van der Waals surface area contributed by atoms with E-state index < -0.39 is 0 Å². The second-order valence-corrected chi connectivity index (χ2v) is 5.04. The van der Waals surface area contributed by atoms with Gasteiger partial charge >= 0.3 is 0 Å². The number of benzene rings is 1. The van der Waals surface area contributed by atoms with Crippen LogP contribution >= 0.6 is 0 Å². The second kappa shape index (κ2) is 4.46. The number of ether oxygens (including phenoxy) is 1. The van der Waals surface area contributed by atoms with Crippen LogP contribution in [0, 0.1) is 6.92 Å². The lowest BCUT2D eigenvalue weighted by Gasteiger charge is -2.35. The third kappa shape index (κ3) is 2.07. The fourth-order valence-electron chi connectivity index (χ4n) is 2.58. The van der Waals surface area contributed by atoms with Gasteiger partial charge in [-0.05, 0) is 32.4 Å². The van der Waals surface area contributed by atoms with Crippen molar-refractivity contribution in [1.29, 1.82) is 0 Å². The van der Waals surface area contributed by atoms with E-state index in [1.165, 1.54) is 24.0 Å². The zero-order valence-electron chi connectivity index (χ0n) is 10.5. The first kappa shape index (κ1) is 11.5. The van der Waals surface area contributed by atoms with Crippen LogP contribution in [0.1, 0.15) is 30.9 Å². The van der Waals surface area contributed by atoms with Crippen LogP contribution < -0.4 is 10.1 Å². The van der Waals surface area contributed by atoms with Crippen LogP contribution in [0.15, 0.2) is 18.2 Å². The Kier molecular flexibility index (Phi) is 3.20. The largest absolute Gasteiger partial charge is 0.496 e. The Balaban J connectivity index is 2.40. The molecule has 2 rings (SSSR count). The maximum Gasteiger partial charge on any atom is 0.122 e. The van der Waals surface area contributed by atoms with Crippen LogP contribution in [0.3, 0.4) is 0 Å². The molecule has 88 valence electrons. The van der Waals surface area contributed by atoms with Crippen molar-refractivity contribution in [3.8, 4) is 5.75 Å². The molecule has 16 heavy (non-hydrogen) atoms. The van der Waals surface area contributed by atoms with E-state index in [4.69, 9.17) is 4.74 Å². The fraction of sp³-hybridized carbons (Fsp3) is 0.571. The number of aryl methyl sites for hydroxylation is 1. The van der Waals surface area contributed by atoms with Gasteiger partial charge in [0.2, 0.25) is 0 Å². The summed E-state index contributed by atoms with van der Waals surface area (Å²) >= 11 is 0. The van der Waals surface area contributed by atoms with Gasteiger partial charge in [-0.2, -0.15) is 0 Å². The molecule has 1 aromatic carbocycles. The molecule has 2 nitrogen and oxygen atoms in total. The van der Waals surface area contributed by atoms with E-state index in [9.17, 15) is 0 Å². The summed E-state index contributed by atoms with van der Waals surface area (Å²) in [4.78, 5) is 0. The van der Waals surface area contributed by atoms with E-state index in [1.54, 1.807) is 7.11 Å². The zero-order valence-corrected chi connectivity index (χ0v) is 10.5. The molecule has 1 heterocycles. The lowest BCUT2D eigenvalue weighted by atomic mass is 9.76. The smallest absolute Gasteiger partial charge is 0.122 e. The Morgan fingerprint density at radius 2 is 2.19 bits per heavy atom. The Morgan fingerprint density at radius 1 is 1.38 bits per heavy atom. The molecule has 0 spiro atoms. The van der Waals surface area contributed by atoms with E-state index in [-0.39, 0.29) is 5.41 Å². The Morgan fingerprint density at radius 3 is 2.81 bits per heavy atom. The van der Waals surface area contributed by atoms with Crippen LogP contribution in [0.5, 0.6) is 5.75 Å². The van der Waals surface area contributed by atoms with Gasteiger partial charge in [0.25, 0.3) is 0 Å². The van der Waals surface area contributed by atoms with Crippen LogP contribution in [0.25, 0.3) is 0 Å². The summed E-state index contributed by atoms with van der Waals surface area (Å²) < 4.78 is 5.49. The highest BCUT2D eigenvalue weighted by molar-refractivity contribution is 5.42. The van der Waals surface area contributed by atoms with Crippen LogP contribution in [0.2, 0.25) is 0 Å². The molecule has 0 amide bonds. The van der Waals surface area contributed by atoms with Crippen molar-refractivity contribution in [2.24, 2.45) is 0 Å². The van der Waals surface area contributed by atoms with Gasteiger partial charge in [0.15, 0.2) is 0 Å². The number of hydrogen-bond acceptors (Lipinski definition) is 2. The highest BCUT2D eigenvalue weighted by Gasteiger charge is 2.31. The average molecular weight is 219 g/mol. The summed E-state index contributed by atoms with van der Waals surface area (Å²) in [6.45, 7) is 6.66. The van der Waals surface area contributed by atoms with Crippen LogP contribution in [0.4, 0.5) is 0 Å².